The van der Waals surface area contributed by atoms with Crippen molar-refractivity contribution >= 4 is 23.2 Å². The Morgan fingerprint density at radius 2 is 2.12 bits per heavy atom. The summed E-state index contributed by atoms with van der Waals surface area (Å²) in [6.07, 6.45) is 2.12. The summed E-state index contributed by atoms with van der Waals surface area (Å²) in [5, 5.41) is 21.9. The van der Waals surface area contributed by atoms with Crippen LogP contribution in [0.15, 0.2) is 6.07 Å². The molecule has 4 rings (SSSR count). The molecule has 2 saturated heterocycles. The summed E-state index contributed by atoms with van der Waals surface area (Å²) in [6, 6.07) is 1.47. The Hall–Kier alpha value is -1.48. The molecule has 1 aromatic heterocycles. The Kier molecular flexibility index (Phi) is 4.31. The number of carboxylic acid groups (broad SMARTS) is 1. The lowest BCUT2D eigenvalue weighted by atomic mass is 9.85. The van der Waals surface area contributed by atoms with Gasteiger partial charge < -0.3 is 25.2 Å². The number of nitrogens with one attached hydrogen (secondary N) is 1. The average molecular weight is 366 g/mol. The molecule has 25 heavy (non-hydrogen) atoms. The van der Waals surface area contributed by atoms with Crippen LogP contribution in [-0.2, 0) is 21.6 Å². The topological polar surface area (TPSA) is 99.1 Å². The Labute approximate surface area is 149 Å². The summed E-state index contributed by atoms with van der Waals surface area (Å²) < 4.78 is 6.12. The first-order valence-electron chi connectivity index (χ1n) is 8.69. The fourth-order valence-electron chi connectivity index (χ4n) is 4.11. The number of aliphatic hydroxyl groups is 1. The van der Waals surface area contributed by atoms with Gasteiger partial charge in [-0.05, 0) is 37.3 Å². The van der Waals surface area contributed by atoms with Crippen molar-refractivity contribution in [2.75, 3.05) is 26.2 Å². The molecule has 0 saturated carbocycles. The molecule has 3 aliphatic heterocycles. The van der Waals surface area contributed by atoms with Crippen molar-refractivity contribution in [2.45, 2.75) is 43.4 Å². The number of rotatable bonds is 2. The van der Waals surface area contributed by atoms with Gasteiger partial charge in [0.2, 0.25) is 5.91 Å². The Morgan fingerprint density at radius 1 is 1.36 bits per heavy atom. The van der Waals surface area contributed by atoms with Crippen LogP contribution < -0.4 is 5.32 Å². The van der Waals surface area contributed by atoms with E-state index in [-0.39, 0.29) is 11.9 Å². The molecule has 1 aromatic rings. The van der Waals surface area contributed by atoms with Gasteiger partial charge in [-0.3, -0.25) is 4.79 Å². The smallest absolute Gasteiger partial charge is 0.345 e. The van der Waals surface area contributed by atoms with E-state index in [0.717, 1.165) is 16.9 Å². The number of hydrogen-bond acceptors (Lipinski definition) is 6. The third kappa shape index (κ3) is 2.97. The highest BCUT2D eigenvalue weighted by molar-refractivity contribution is 7.14. The molecule has 2 atom stereocenters. The zero-order valence-electron chi connectivity index (χ0n) is 13.9. The normalized spacial score (nSPS) is 28.1. The zero-order chi connectivity index (χ0) is 17.6. The van der Waals surface area contributed by atoms with Gasteiger partial charge in [-0.25, -0.2) is 4.79 Å². The molecular formula is C17H22N2O5S. The van der Waals surface area contributed by atoms with Crippen LogP contribution in [0.1, 0.15) is 39.4 Å². The van der Waals surface area contributed by atoms with Gasteiger partial charge in [0.25, 0.3) is 0 Å². The predicted octanol–water partition coefficient (Wildman–Crippen LogP) is 0.559. The molecule has 8 heteroatoms. The molecule has 1 amide bonds. The summed E-state index contributed by atoms with van der Waals surface area (Å²) >= 11 is 1.31. The maximum atomic E-state index is 12.6. The van der Waals surface area contributed by atoms with E-state index in [1.807, 2.05) is 4.90 Å². The van der Waals surface area contributed by atoms with E-state index in [9.17, 15) is 19.8 Å². The van der Waals surface area contributed by atoms with Gasteiger partial charge in [0.15, 0.2) is 0 Å². The van der Waals surface area contributed by atoms with Crippen LogP contribution in [0, 0.1) is 0 Å². The van der Waals surface area contributed by atoms with Crippen molar-refractivity contribution in [2.24, 2.45) is 0 Å². The molecule has 0 unspecified atom stereocenters. The average Bonchev–Trinajstić information content (AvgIpc) is 3.22. The van der Waals surface area contributed by atoms with Crippen molar-refractivity contribution in [3.63, 3.8) is 0 Å². The van der Waals surface area contributed by atoms with Gasteiger partial charge in [-0.1, -0.05) is 0 Å². The van der Waals surface area contributed by atoms with Crippen LogP contribution in [-0.4, -0.2) is 65.4 Å². The molecule has 2 fully saturated rings. The van der Waals surface area contributed by atoms with Gasteiger partial charge in [0.05, 0.1) is 18.8 Å². The van der Waals surface area contributed by atoms with E-state index in [0.29, 0.717) is 50.4 Å². The number of carboxylic acids is 1. The number of carbonyl (C=O) groups is 2. The standard InChI is InChI=1S/C17H22N2O5S/c20-11-8-12(18-9-11)15(21)19-4-2-17(3-5-19)14-10(1-6-24-17)7-13(25-14)16(22)23/h7,11-12,18,20H,1-6,8-9H2,(H,22,23)/t11-,12+/m1/s1. The van der Waals surface area contributed by atoms with Gasteiger partial charge in [-0.15, -0.1) is 11.3 Å². The Balaban J connectivity index is 1.48. The number of carbonyl (C=O) groups excluding carboxylic acids is 1. The van der Waals surface area contributed by atoms with Crippen LogP contribution in [0.4, 0.5) is 0 Å². The van der Waals surface area contributed by atoms with Gasteiger partial charge >= 0.3 is 5.97 Å². The van der Waals surface area contributed by atoms with Gasteiger partial charge in [-0.2, -0.15) is 0 Å². The number of β-amino-alcohol motifs (C(OH)–C–C–N with tert-alkyl or cyclic N) is 1. The number of thiophene rings is 1. The first kappa shape index (κ1) is 17.0. The molecule has 1 spiro atoms. The highest BCUT2D eigenvalue weighted by atomic mass is 32.1. The molecule has 0 aromatic carbocycles. The minimum Gasteiger partial charge on any atom is -0.477 e. The minimum absolute atomic E-state index is 0.0415. The number of likely N-dealkylation sites (tertiary alicyclic amines) is 1. The molecule has 3 aliphatic rings. The van der Waals surface area contributed by atoms with E-state index < -0.39 is 17.7 Å². The van der Waals surface area contributed by atoms with Crippen molar-refractivity contribution in [3.8, 4) is 0 Å². The van der Waals surface area contributed by atoms with Crippen LogP contribution in [0.2, 0.25) is 0 Å². The van der Waals surface area contributed by atoms with Gasteiger partial charge in [0.1, 0.15) is 10.5 Å². The minimum atomic E-state index is -0.895. The Morgan fingerprint density at radius 3 is 2.76 bits per heavy atom. The zero-order valence-corrected chi connectivity index (χ0v) is 14.7. The number of hydrogen-bond donors (Lipinski definition) is 3. The fourth-order valence-corrected chi connectivity index (χ4v) is 5.36. The number of amides is 1. The quantitative estimate of drug-likeness (QED) is 0.707. The monoisotopic (exact) mass is 366 g/mol. The van der Waals surface area contributed by atoms with Gasteiger partial charge in [0, 0.05) is 24.5 Å². The third-order valence-electron chi connectivity index (χ3n) is 5.47. The van der Waals surface area contributed by atoms with Crippen molar-refractivity contribution in [1.82, 2.24) is 10.2 Å². The maximum absolute atomic E-state index is 12.6. The second kappa shape index (κ2) is 6.35. The molecule has 0 bridgehead atoms. The fraction of sp³-hybridized carbons (Fsp3) is 0.647. The molecule has 0 radical (unpaired) electrons. The summed E-state index contributed by atoms with van der Waals surface area (Å²) in [6.45, 7) is 2.24. The predicted molar refractivity (Wildman–Crippen MR) is 90.8 cm³/mol. The van der Waals surface area contributed by atoms with E-state index >= 15 is 0 Å². The summed E-state index contributed by atoms with van der Waals surface area (Å²) in [7, 11) is 0. The van der Waals surface area contributed by atoms with E-state index in [4.69, 9.17) is 4.74 Å². The molecule has 136 valence electrons. The van der Waals surface area contributed by atoms with Crippen molar-refractivity contribution in [1.29, 1.82) is 0 Å². The van der Waals surface area contributed by atoms with Crippen LogP contribution in [0.5, 0.6) is 0 Å². The van der Waals surface area contributed by atoms with E-state index in [1.165, 1.54) is 11.3 Å². The first-order valence-corrected chi connectivity index (χ1v) is 9.51. The first-order chi connectivity index (χ1) is 12.0. The number of piperidine rings is 1. The molecule has 4 heterocycles. The highest BCUT2D eigenvalue weighted by Gasteiger charge is 2.44. The number of aliphatic hydroxyl groups excluding tert-OH is 1. The summed E-state index contributed by atoms with van der Waals surface area (Å²) in [5.74, 6) is -0.854. The number of ether oxygens (including phenoxy) is 1. The molecule has 7 nitrogen and oxygen atoms in total. The number of nitrogens with zero attached hydrogens (tertiary/aromatic N) is 1. The maximum Gasteiger partial charge on any atom is 0.345 e. The van der Waals surface area contributed by atoms with Crippen molar-refractivity contribution in [3.05, 3.63) is 21.4 Å². The van der Waals surface area contributed by atoms with Crippen LogP contribution >= 0.6 is 11.3 Å². The molecule has 0 aliphatic carbocycles. The van der Waals surface area contributed by atoms with E-state index in [2.05, 4.69) is 5.32 Å². The molecule has 3 N–H and O–H groups in total. The van der Waals surface area contributed by atoms with E-state index in [1.54, 1.807) is 6.07 Å². The lowest BCUT2D eigenvalue weighted by Gasteiger charge is -2.44. The SMILES string of the molecule is O=C(O)c1cc2c(s1)C1(CCN(C(=O)[C@@H]3C[C@@H](O)CN3)CC1)OCC2. The Bertz CT molecular complexity index is 695. The summed E-state index contributed by atoms with van der Waals surface area (Å²) in [5.41, 5.74) is 0.625. The highest BCUT2D eigenvalue weighted by Crippen LogP contribution is 2.45. The lowest BCUT2D eigenvalue weighted by Crippen LogP contribution is -2.51. The van der Waals surface area contributed by atoms with Crippen LogP contribution in [0.25, 0.3) is 0 Å². The third-order valence-corrected chi connectivity index (χ3v) is 6.82. The molecular weight excluding hydrogens is 344 g/mol. The second-order valence-corrected chi connectivity index (χ2v) is 8.09. The van der Waals surface area contributed by atoms with Crippen molar-refractivity contribution < 1.29 is 24.5 Å². The van der Waals surface area contributed by atoms with Crippen LogP contribution in [0.3, 0.4) is 0 Å². The largest absolute Gasteiger partial charge is 0.477 e. The second-order valence-electron chi connectivity index (χ2n) is 7.04. The number of fused-ring (bicyclic) bond motifs is 2. The lowest BCUT2D eigenvalue weighted by molar-refractivity contribution is -0.142. The summed E-state index contributed by atoms with van der Waals surface area (Å²) in [4.78, 5) is 27.1. The number of aromatic carboxylic acids is 1.